The molecule has 6 heteroatoms. The Morgan fingerprint density at radius 3 is 2.87 bits per heavy atom. The van der Waals surface area contributed by atoms with E-state index in [0.29, 0.717) is 11.9 Å². The smallest absolute Gasteiger partial charge is 0.226 e. The number of hydrogen-bond acceptors (Lipinski definition) is 4. The Labute approximate surface area is 177 Å². The molecule has 2 aliphatic rings. The van der Waals surface area contributed by atoms with Crippen molar-refractivity contribution in [1.82, 2.24) is 19.4 Å². The minimum atomic E-state index is 0.159. The van der Waals surface area contributed by atoms with Crippen LogP contribution in [-0.4, -0.2) is 51.0 Å². The molecule has 1 amide bonds. The van der Waals surface area contributed by atoms with Gasteiger partial charge in [0.1, 0.15) is 5.82 Å². The monoisotopic (exact) mass is 403 g/mol. The molecule has 6 nitrogen and oxygen atoms in total. The third-order valence-electron chi connectivity index (χ3n) is 6.71. The molecule has 2 saturated heterocycles. The maximum absolute atomic E-state index is 13.0. The van der Waals surface area contributed by atoms with E-state index in [1.807, 2.05) is 19.6 Å². The number of aromatic nitrogens is 3. The van der Waals surface area contributed by atoms with Crippen LogP contribution in [0.15, 0.2) is 42.9 Å². The molecule has 4 heterocycles. The molecule has 2 aromatic heterocycles. The molecule has 156 valence electrons. The molecule has 0 saturated carbocycles. The molecular weight excluding hydrogens is 374 g/mol. The topological polar surface area (TPSA) is 54.3 Å². The summed E-state index contributed by atoms with van der Waals surface area (Å²) in [5, 5.41) is 0. The minimum Gasteiger partial charge on any atom is -0.353 e. The van der Waals surface area contributed by atoms with Crippen molar-refractivity contribution in [2.45, 2.75) is 38.6 Å². The van der Waals surface area contributed by atoms with Crippen LogP contribution < -0.4 is 4.90 Å². The van der Waals surface area contributed by atoms with E-state index in [9.17, 15) is 4.79 Å². The number of piperazine rings is 1. The van der Waals surface area contributed by atoms with Crippen molar-refractivity contribution < 1.29 is 4.79 Å². The lowest BCUT2D eigenvalue weighted by molar-refractivity contribution is -0.132. The number of para-hydroxylation sites is 1. The van der Waals surface area contributed by atoms with Crippen LogP contribution in [0.3, 0.4) is 0 Å². The highest BCUT2D eigenvalue weighted by molar-refractivity contribution is 5.82. The van der Waals surface area contributed by atoms with E-state index in [0.717, 1.165) is 56.7 Å². The van der Waals surface area contributed by atoms with Crippen molar-refractivity contribution in [2.75, 3.05) is 24.5 Å². The molecule has 5 rings (SSSR count). The van der Waals surface area contributed by atoms with Gasteiger partial charge in [0, 0.05) is 38.8 Å². The summed E-state index contributed by atoms with van der Waals surface area (Å²) in [5.74, 6) is 1.54. The number of nitrogens with zero attached hydrogens (tertiary/aromatic N) is 5. The summed E-state index contributed by atoms with van der Waals surface area (Å²) in [5.41, 5.74) is 4.77. The highest BCUT2D eigenvalue weighted by Crippen LogP contribution is 2.32. The fourth-order valence-electron chi connectivity index (χ4n) is 5.14. The van der Waals surface area contributed by atoms with Crippen LogP contribution in [0.2, 0.25) is 0 Å². The lowest BCUT2D eigenvalue weighted by atomic mass is 9.96. The highest BCUT2D eigenvalue weighted by Gasteiger charge is 2.42. The summed E-state index contributed by atoms with van der Waals surface area (Å²) in [4.78, 5) is 26.5. The quantitative estimate of drug-likeness (QED) is 0.656. The normalized spacial score (nSPS) is 21.5. The number of aryl methyl sites for hydroxylation is 3. The second-order valence-corrected chi connectivity index (χ2v) is 8.79. The highest BCUT2D eigenvalue weighted by atomic mass is 16.2. The second kappa shape index (κ2) is 7.74. The summed E-state index contributed by atoms with van der Waals surface area (Å²) in [6, 6.07) is 10.9. The van der Waals surface area contributed by atoms with Gasteiger partial charge in [0.15, 0.2) is 0 Å². The van der Waals surface area contributed by atoms with Crippen molar-refractivity contribution in [3.05, 3.63) is 54.0 Å². The molecule has 0 radical (unpaired) electrons. The molecule has 2 atom stereocenters. The molecule has 2 fully saturated rings. The Kier molecular flexibility index (Phi) is 4.93. The van der Waals surface area contributed by atoms with Gasteiger partial charge < -0.3 is 14.4 Å². The number of amides is 1. The predicted molar refractivity (Wildman–Crippen MR) is 118 cm³/mol. The van der Waals surface area contributed by atoms with Crippen LogP contribution in [-0.2, 0) is 18.3 Å². The van der Waals surface area contributed by atoms with Crippen LogP contribution in [0, 0.1) is 12.8 Å². The van der Waals surface area contributed by atoms with E-state index in [-0.39, 0.29) is 5.92 Å². The maximum atomic E-state index is 13.0. The third kappa shape index (κ3) is 3.44. The van der Waals surface area contributed by atoms with Crippen LogP contribution in [0.4, 0.5) is 5.82 Å². The number of pyridine rings is 1. The second-order valence-electron chi connectivity index (χ2n) is 8.79. The van der Waals surface area contributed by atoms with E-state index in [4.69, 9.17) is 0 Å². The van der Waals surface area contributed by atoms with Gasteiger partial charge in [-0.1, -0.05) is 18.2 Å². The van der Waals surface area contributed by atoms with Crippen LogP contribution in [0.25, 0.3) is 11.0 Å². The first-order valence-corrected chi connectivity index (χ1v) is 11.0. The fourth-order valence-corrected chi connectivity index (χ4v) is 5.14. The van der Waals surface area contributed by atoms with E-state index < -0.39 is 0 Å². The molecular formula is C24H29N5O. The Hall–Kier alpha value is -2.89. The lowest BCUT2D eigenvalue weighted by Gasteiger charge is -2.38. The van der Waals surface area contributed by atoms with Crippen LogP contribution in [0.1, 0.15) is 30.4 Å². The Morgan fingerprint density at radius 1 is 1.13 bits per heavy atom. The van der Waals surface area contributed by atoms with Gasteiger partial charge in [-0.3, -0.25) is 4.79 Å². The van der Waals surface area contributed by atoms with Crippen molar-refractivity contribution in [2.24, 2.45) is 13.0 Å². The minimum absolute atomic E-state index is 0.159. The first-order valence-electron chi connectivity index (χ1n) is 11.0. The number of benzene rings is 1. The van der Waals surface area contributed by atoms with Gasteiger partial charge in [0.2, 0.25) is 5.91 Å². The zero-order chi connectivity index (χ0) is 20.7. The number of rotatable bonds is 5. The van der Waals surface area contributed by atoms with Crippen LogP contribution >= 0.6 is 0 Å². The maximum Gasteiger partial charge on any atom is 0.226 e. The van der Waals surface area contributed by atoms with Crippen LogP contribution in [0.5, 0.6) is 0 Å². The lowest BCUT2D eigenvalue weighted by Crippen LogP contribution is -2.51. The average molecular weight is 404 g/mol. The molecule has 1 aromatic carbocycles. The number of carbonyl (C=O) groups excluding carboxylic acids is 1. The molecule has 0 aliphatic carbocycles. The van der Waals surface area contributed by atoms with Crippen molar-refractivity contribution >= 4 is 22.8 Å². The molecule has 0 spiro atoms. The van der Waals surface area contributed by atoms with Gasteiger partial charge in [-0.25, -0.2) is 9.97 Å². The largest absolute Gasteiger partial charge is 0.353 e. The molecule has 3 aromatic rings. The molecule has 30 heavy (non-hydrogen) atoms. The van der Waals surface area contributed by atoms with Gasteiger partial charge >= 0.3 is 0 Å². The van der Waals surface area contributed by atoms with Crippen molar-refractivity contribution in [1.29, 1.82) is 0 Å². The van der Waals surface area contributed by atoms with E-state index in [1.54, 1.807) is 0 Å². The summed E-state index contributed by atoms with van der Waals surface area (Å²) < 4.78 is 2.10. The molecule has 0 bridgehead atoms. The zero-order valence-corrected chi connectivity index (χ0v) is 17.8. The Morgan fingerprint density at radius 2 is 2.03 bits per heavy atom. The standard InChI is InChI=1S/C24H29N5O/c1-17-9-10-22(25-14-17)28-11-12-29-20(15-28)13-19(24(29)30)7-3-5-18-6-4-8-21-23(18)27(2)16-26-21/h4,6,8-10,14,16,19-20H,3,5,7,11-13,15H2,1-2H3/t19-,20-/m0/s1. The van der Waals surface area contributed by atoms with Gasteiger partial charge in [-0.15, -0.1) is 0 Å². The van der Waals surface area contributed by atoms with Gasteiger partial charge in [-0.2, -0.15) is 0 Å². The first-order chi connectivity index (χ1) is 14.6. The fraction of sp³-hybridized carbons (Fsp3) is 0.458. The summed E-state index contributed by atoms with van der Waals surface area (Å²) in [6.07, 6.45) is 7.75. The van der Waals surface area contributed by atoms with E-state index in [1.165, 1.54) is 16.6 Å². The number of hydrogen-bond donors (Lipinski definition) is 0. The molecule has 0 N–H and O–H groups in total. The predicted octanol–water partition coefficient (Wildman–Crippen LogP) is 3.34. The summed E-state index contributed by atoms with van der Waals surface area (Å²) in [6.45, 7) is 4.63. The molecule has 0 unspecified atom stereocenters. The van der Waals surface area contributed by atoms with E-state index >= 15 is 0 Å². The Balaban J connectivity index is 1.20. The zero-order valence-electron chi connectivity index (χ0n) is 17.8. The SMILES string of the molecule is Cc1ccc(N2CCN3C(=O)[C@@H](CCCc4cccc5ncn(C)c45)C[C@H]3C2)nc1. The van der Waals surface area contributed by atoms with Gasteiger partial charge in [-0.05, 0) is 55.9 Å². The summed E-state index contributed by atoms with van der Waals surface area (Å²) >= 11 is 0. The number of anilines is 1. The summed E-state index contributed by atoms with van der Waals surface area (Å²) in [7, 11) is 2.05. The number of imidazole rings is 1. The van der Waals surface area contributed by atoms with Crippen molar-refractivity contribution in [3.63, 3.8) is 0 Å². The Bertz CT molecular complexity index is 1060. The number of carbonyl (C=O) groups is 1. The number of fused-ring (bicyclic) bond motifs is 2. The van der Waals surface area contributed by atoms with Gasteiger partial charge in [0.25, 0.3) is 0 Å². The van der Waals surface area contributed by atoms with Gasteiger partial charge in [0.05, 0.1) is 23.4 Å². The first kappa shape index (κ1) is 19.1. The average Bonchev–Trinajstić information content (AvgIpc) is 3.29. The third-order valence-corrected chi connectivity index (χ3v) is 6.71. The molecule has 2 aliphatic heterocycles. The van der Waals surface area contributed by atoms with Crippen molar-refractivity contribution in [3.8, 4) is 0 Å². The van der Waals surface area contributed by atoms with E-state index in [2.05, 4.69) is 61.6 Å².